The predicted octanol–water partition coefficient (Wildman–Crippen LogP) is 6.19. The highest BCUT2D eigenvalue weighted by molar-refractivity contribution is 7.17. The Morgan fingerprint density at radius 3 is 2.57 bits per heavy atom. The molecule has 0 radical (unpaired) electrons. The molecule has 0 saturated carbocycles. The van der Waals surface area contributed by atoms with Gasteiger partial charge in [0, 0.05) is 22.8 Å². The van der Waals surface area contributed by atoms with Crippen LogP contribution < -0.4 is 16.0 Å². The summed E-state index contributed by atoms with van der Waals surface area (Å²) in [6.45, 7) is 8.14. The van der Waals surface area contributed by atoms with Crippen molar-refractivity contribution in [3.8, 4) is 0 Å². The number of rotatable bonds is 4. The van der Waals surface area contributed by atoms with Gasteiger partial charge in [-0.3, -0.25) is 5.32 Å². The van der Waals surface area contributed by atoms with Gasteiger partial charge >= 0.3 is 18.2 Å². The summed E-state index contributed by atoms with van der Waals surface area (Å²) in [5.74, 6) is -0.353. The molecular weight excluding hydrogens is 499 g/mol. The molecule has 0 saturated heterocycles. The van der Waals surface area contributed by atoms with Crippen LogP contribution in [0.4, 0.5) is 23.0 Å². The number of hydrogen-bond donors (Lipinski definition) is 3. The van der Waals surface area contributed by atoms with Crippen LogP contribution in [0.1, 0.15) is 88.1 Å². The zero-order valence-electron chi connectivity index (χ0n) is 20.2. The van der Waals surface area contributed by atoms with E-state index in [1.807, 2.05) is 0 Å². The molecule has 6 nitrogen and oxygen atoms in total. The first-order valence-electron chi connectivity index (χ1n) is 11.7. The molecule has 1 aliphatic carbocycles. The van der Waals surface area contributed by atoms with E-state index in [4.69, 9.17) is 4.74 Å². The van der Waals surface area contributed by atoms with E-state index in [0.29, 0.717) is 40.5 Å². The molecule has 1 unspecified atom stereocenters. The fourth-order valence-electron chi connectivity index (χ4n) is 4.66. The van der Waals surface area contributed by atoms with Crippen LogP contribution in [0.15, 0.2) is 0 Å². The molecule has 0 fully saturated rings. The van der Waals surface area contributed by atoms with E-state index in [-0.39, 0.29) is 18.0 Å². The summed E-state index contributed by atoms with van der Waals surface area (Å²) in [5.41, 5.74) is 1.35. The van der Waals surface area contributed by atoms with Crippen molar-refractivity contribution >= 4 is 39.7 Å². The number of halogens is 3. The van der Waals surface area contributed by atoms with Gasteiger partial charge in [0.25, 0.3) is 0 Å². The van der Waals surface area contributed by atoms with Gasteiger partial charge < -0.3 is 15.4 Å². The van der Waals surface area contributed by atoms with E-state index >= 15 is 0 Å². The van der Waals surface area contributed by atoms with Gasteiger partial charge in [0.2, 0.25) is 0 Å². The highest BCUT2D eigenvalue weighted by Gasteiger charge is 2.38. The minimum absolute atomic E-state index is 0.126. The molecule has 1 atom stereocenters. The van der Waals surface area contributed by atoms with Gasteiger partial charge in [-0.2, -0.15) is 13.2 Å². The molecular formula is C24H30F3N3O3S2. The molecule has 2 aromatic rings. The van der Waals surface area contributed by atoms with Crippen molar-refractivity contribution in [1.82, 2.24) is 10.6 Å². The summed E-state index contributed by atoms with van der Waals surface area (Å²) in [6, 6.07) is -0.650. The molecule has 2 aliphatic rings. The van der Waals surface area contributed by atoms with E-state index in [9.17, 15) is 22.8 Å². The van der Waals surface area contributed by atoms with Gasteiger partial charge in [0.15, 0.2) is 0 Å². The van der Waals surface area contributed by atoms with Crippen molar-refractivity contribution in [3.63, 3.8) is 0 Å². The van der Waals surface area contributed by atoms with Crippen LogP contribution in [0.25, 0.3) is 0 Å². The predicted molar refractivity (Wildman–Crippen MR) is 131 cm³/mol. The first-order valence-corrected chi connectivity index (χ1v) is 13.3. The molecule has 0 aromatic carbocycles. The number of fused-ring (bicyclic) bond motifs is 2. The molecule has 0 spiro atoms. The fourth-order valence-corrected chi connectivity index (χ4v) is 7.21. The van der Waals surface area contributed by atoms with Crippen LogP contribution >= 0.6 is 22.7 Å². The maximum absolute atomic E-state index is 13.7. The summed E-state index contributed by atoms with van der Waals surface area (Å²) in [4.78, 5) is 27.0. The first kappa shape index (κ1) is 26.0. The lowest BCUT2D eigenvalue weighted by molar-refractivity contribution is -0.135. The van der Waals surface area contributed by atoms with Gasteiger partial charge in [-0.1, -0.05) is 6.92 Å². The van der Waals surface area contributed by atoms with Crippen molar-refractivity contribution in [3.05, 3.63) is 36.9 Å². The largest absolute Gasteiger partial charge is 0.456 e. The second-order valence-corrected chi connectivity index (χ2v) is 12.2. The van der Waals surface area contributed by atoms with Crippen LogP contribution in [0.2, 0.25) is 0 Å². The van der Waals surface area contributed by atoms with Crippen molar-refractivity contribution in [2.75, 3.05) is 11.9 Å². The Hall–Kier alpha value is -2.11. The van der Waals surface area contributed by atoms with Gasteiger partial charge in [-0.05, 0) is 75.6 Å². The Morgan fingerprint density at radius 1 is 1.14 bits per heavy atom. The Balaban J connectivity index is 1.57. The van der Waals surface area contributed by atoms with Gasteiger partial charge in [-0.15, -0.1) is 22.7 Å². The normalized spacial score (nSPS) is 18.0. The zero-order chi connectivity index (χ0) is 25.5. The van der Waals surface area contributed by atoms with E-state index in [1.165, 1.54) is 11.3 Å². The quantitative estimate of drug-likeness (QED) is 0.413. The number of carbonyl (C=O) groups excluding carboxylic acids is 2. The maximum atomic E-state index is 13.7. The molecule has 11 heteroatoms. The van der Waals surface area contributed by atoms with Gasteiger partial charge in [0.1, 0.15) is 15.5 Å². The third-order valence-electron chi connectivity index (χ3n) is 6.11. The van der Waals surface area contributed by atoms with E-state index in [2.05, 4.69) is 22.9 Å². The third kappa shape index (κ3) is 5.67. The number of ether oxygens (including phenoxy) is 1. The number of thiophene rings is 2. The highest BCUT2D eigenvalue weighted by Crippen LogP contribution is 2.44. The number of esters is 1. The number of amides is 2. The van der Waals surface area contributed by atoms with E-state index in [0.717, 1.165) is 41.0 Å². The Bertz CT molecular complexity index is 1130. The minimum Gasteiger partial charge on any atom is -0.456 e. The number of aryl methyl sites for hydroxylation is 1. The third-order valence-corrected chi connectivity index (χ3v) is 8.61. The van der Waals surface area contributed by atoms with E-state index < -0.39 is 28.7 Å². The number of anilines is 1. The molecule has 3 heterocycles. The fraction of sp³-hybridized carbons (Fsp3) is 0.583. The number of nitrogens with one attached hydrogen (secondary N) is 3. The Labute approximate surface area is 210 Å². The lowest BCUT2D eigenvalue weighted by Gasteiger charge is -2.23. The second kappa shape index (κ2) is 9.74. The topological polar surface area (TPSA) is 79.5 Å². The molecule has 2 aromatic heterocycles. The average molecular weight is 530 g/mol. The number of hydrogen-bond acceptors (Lipinski definition) is 6. The summed E-state index contributed by atoms with van der Waals surface area (Å²) >= 11 is 2.08. The van der Waals surface area contributed by atoms with Crippen LogP contribution in [0, 0.1) is 0 Å². The summed E-state index contributed by atoms with van der Waals surface area (Å²) in [6.07, 6.45) is -1.26. The van der Waals surface area contributed by atoms with Crippen LogP contribution in [0.5, 0.6) is 0 Å². The van der Waals surface area contributed by atoms with Crippen LogP contribution in [-0.4, -0.2) is 24.1 Å². The summed E-state index contributed by atoms with van der Waals surface area (Å²) in [5, 5.41) is 8.80. The zero-order valence-corrected chi connectivity index (χ0v) is 21.8. The molecule has 0 bridgehead atoms. The van der Waals surface area contributed by atoms with E-state index in [1.54, 1.807) is 20.8 Å². The minimum atomic E-state index is -4.48. The molecule has 35 heavy (non-hydrogen) atoms. The van der Waals surface area contributed by atoms with Crippen LogP contribution in [-0.2, 0) is 36.8 Å². The summed E-state index contributed by atoms with van der Waals surface area (Å²) < 4.78 is 46.6. The Morgan fingerprint density at radius 2 is 1.89 bits per heavy atom. The molecule has 4 rings (SSSR count). The lowest BCUT2D eigenvalue weighted by atomic mass is 9.86. The monoisotopic (exact) mass is 529 g/mol. The van der Waals surface area contributed by atoms with Gasteiger partial charge in [-0.25, -0.2) is 9.59 Å². The number of alkyl halides is 3. The molecule has 3 N–H and O–H groups in total. The highest BCUT2D eigenvalue weighted by atomic mass is 32.1. The first-order chi connectivity index (χ1) is 16.3. The number of carbonyl (C=O) groups is 2. The maximum Gasteiger partial charge on any atom is 0.425 e. The smallest absolute Gasteiger partial charge is 0.425 e. The Kier molecular flexibility index (Phi) is 7.23. The molecule has 192 valence electrons. The van der Waals surface area contributed by atoms with Crippen molar-refractivity contribution in [2.24, 2.45) is 0 Å². The van der Waals surface area contributed by atoms with Crippen molar-refractivity contribution < 1.29 is 27.5 Å². The van der Waals surface area contributed by atoms with Crippen molar-refractivity contribution in [1.29, 1.82) is 0 Å². The average Bonchev–Trinajstić information content (AvgIpc) is 3.30. The summed E-state index contributed by atoms with van der Waals surface area (Å²) in [7, 11) is 0. The standard InChI is InChI=1S/C24H30F3N3O3S2/c1-12-6-5-7-15-17(12)18(21(31)33-23(2,3)4)20(35-15)30-22(32)29-10-14-13-8-9-28-11-16(13)34-19(14)24(25,26)27/h12,28H,5-11H2,1-4H3,(H2,29,30,32). The number of urea groups is 1. The van der Waals surface area contributed by atoms with Crippen molar-refractivity contribution in [2.45, 2.75) is 84.2 Å². The van der Waals surface area contributed by atoms with Gasteiger partial charge in [0.05, 0.1) is 5.56 Å². The second-order valence-electron chi connectivity index (χ2n) is 9.98. The molecule has 2 amide bonds. The SMILES string of the molecule is CC1CCCc2sc(NC(=O)NCc3c(C(F)(F)F)sc4c3CCNC4)c(C(=O)OC(C)(C)C)c21. The molecule has 1 aliphatic heterocycles. The lowest BCUT2D eigenvalue weighted by Crippen LogP contribution is -2.31. The van der Waals surface area contributed by atoms with Crippen LogP contribution in [0.3, 0.4) is 0 Å².